The van der Waals surface area contributed by atoms with Crippen LogP contribution in [0, 0.1) is 0 Å². The van der Waals surface area contributed by atoms with Crippen LogP contribution < -0.4 is 0 Å². The van der Waals surface area contributed by atoms with Gasteiger partial charge in [-0.1, -0.05) is 140 Å². The molecule has 0 bridgehead atoms. The fourth-order valence-corrected chi connectivity index (χ4v) is 10.6. The van der Waals surface area contributed by atoms with Crippen molar-refractivity contribution in [3.63, 3.8) is 0 Å². The first kappa shape index (κ1) is 32.6. The molecule has 0 aliphatic heterocycles. The minimum Gasteiger partial charge on any atom is -0.308 e. The summed E-state index contributed by atoms with van der Waals surface area (Å²) in [5, 5.41) is 9.72. The highest BCUT2D eigenvalue weighted by atomic mass is 32.1. The summed E-state index contributed by atoms with van der Waals surface area (Å²) in [6.07, 6.45) is 0.787. The van der Waals surface area contributed by atoms with E-state index in [1.54, 1.807) is 0 Å². The molecule has 4 nitrogen and oxygen atoms in total. The van der Waals surface area contributed by atoms with Gasteiger partial charge in [-0.3, -0.25) is 0 Å². The molecular weight excluding hydrogens is 737 g/mol. The van der Waals surface area contributed by atoms with Gasteiger partial charge >= 0.3 is 0 Å². The smallest absolute Gasteiger partial charge is 0.166 e. The molecule has 274 valence electrons. The van der Waals surface area contributed by atoms with Gasteiger partial charge in [0, 0.05) is 47.6 Å². The fourth-order valence-electron chi connectivity index (χ4n) is 9.49. The van der Waals surface area contributed by atoms with E-state index in [0.29, 0.717) is 17.5 Å². The summed E-state index contributed by atoms with van der Waals surface area (Å²) in [6, 6.07) is 65.8. The van der Waals surface area contributed by atoms with E-state index in [1.165, 1.54) is 69.4 Å². The van der Waals surface area contributed by atoms with Gasteiger partial charge in [0.1, 0.15) is 0 Å². The summed E-state index contributed by atoms with van der Waals surface area (Å²) in [5.41, 5.74) is 11.4. The molecule has 0 N–H and O–H groups in total. The van der Waals surface area contributed by atoms with Crippen LogP contribution in [-0.2, 0) is 6.42 Å². The summed E-state index contributed by atoms with van der Waals surface area (Å²) in [7, 11) is 0. The minimum atomic E-state index is 0.652. The molecule has 3 aromatic heterocycles. The van der Waals surface area contributed by atoms with Crippen molar-refractivity contribution in [2.75, 3.05) is 0 Å². The number of benzene rings is 9. The molecule has 13 rings (SSSR count). The Morgan fingerprint density at radius 1 is 0.407 bits per heavy atom. The zero-order chi connectivity index (χ0) is 38.6. The van der Waals surface area contributed by atoms with E-state index < -0.39 is 0 Å². The van der Waals surface area contributed by atoms with Gasteiger partial charge in [0.05, 0.1) is 16.7 Å². The Morgan fingerprint density at radius 3 is 1.92 bits per heavy atom. The SMILES string of the molecule is c1ccc2c(c1)Cc1c-2ccc(-n2c3ccccc3c3cc4ccccc4cc32)c1-c1nc(-c2ccc3ccccc3c2)nc(-c2ccc3c(c2)sc2ccccc23)n1. The van der Waals surface area contributed by atoms with Crippen molar-refractivity contribution in [3.8, 4) is 51.0 Å². The summed E-state index contributed by atoms with van der Waals surface area (Å²) in [4.78, 5) is 16.3. The molecule has 0 saturated heterocycles. The molecule has 0 saturated carbocycles. The summed E-state index contributed by atoms with van der Waals surface area (Å²) >= 11 is 1.81. The van der Waals surface area contributed by atoms with Crippen LogP contribution in [-0.4, -0.2) is 19.5 Å². The zero-order valence-corrected chi connectivity index (χ0v) is 32.5. The molecule has 0 amide bonds. The Kier molecular flexibility index (Phi) is 6.91. The van der Waals surface area contributed by atoms with E-state index in [9.17, 15) is 0 Å². The Balaban J connectivity index is 1.13. The lowest BCUT2D eigenvalue weighted by Crippen LogP contribution is -2.06. The quantitative estimate of drug-likeness (QED) is 0.179. The predicted octanol–water partition coefficient (Wildman–Crippen LogP) is 14.2. The van der Waals surface area contributed by atoms with Crippen LogP contribution in [0.1, 0.15) is 11.1 Å². The molecule has 1 aliphatic rings. The number of hydrogen-bond donors (Lipinski definition) is 0. The highest BCUT2D eigenvalue weighted by Gasteiger charge is 2.28. The molecule has 59 heavy (non-hydrogen) atoms. The van der Waals surface area contributed by atoms with Crippen molar-refractivity contribution in [1.82, 2.24) is 19.5 Å². The van der Waals surface area contributed by atoms with Gasteiger partial charge in [-0.05, 0) is 92.7 Å². The van der Waals surface area contributed by atoms with Crippen LogP contribution in [0.25, 0.3) is 115 Å². The first-order valence-electron chi connectivity index (χ1n) is 20.1. The summed E-state index contributed by atoms with van der Waals surface area (Å²) < 4.78 is 4.93. The van der Waals surface area contributed by atoms with Gasteiger partial charge in [-0.15, -0.1) is 11.3 Å². The zero-order valence-electron chi connectivity index (χ0n) is 31.7. The van der Waals surface area contributed by atoms with Gasteiger partial charge in [-0.2, -0.15) is 0 Å². The molecule has 0 atom stereocenters. The van der Waals surface area contributed by atoms with Gasteiger partial charge < -0.3 is 4.57 Å². The Hall–Kier alpha value is -7.47. The number of para-hydroxylation sites is 1. The third-order valence-electron chi connectivity index (χ3n) is 12.3. The summed E-state index contributed by atoms with van der Waals surface area (Å²) in [6.45, 7) is 0. The maximum absolute atomic E-state index is 5.51. The molecule has 0 radical (unpaired) electrons. The molecule has 9 aromatic carbocycles. The Morgan fingerprint density at radius 2 is 1.05 bits per heavy atom. The number of rotatable bonds is 4. The van der Waals surface area contributed by atoms with E-state index in [-0.39, 0.29) is 0 Å². The van der Waals surface area contributed by atoms with E-state index in [0.717, 1.165) is 45.2 Å². The minimum absolute atomic E-state index is 0.652. The first-order valence-corrected chi connectivity index (χ1v) is 20.9. The standard InChI is InChI=1S/C54H32N4S/c1-2-12-33-27-37(22-21-32(33)11-1)52-55-53(38-23-24-43-42-18-8-10-20-49(42)59-50(43)31-38)57-54(56-52)51-45-29-36-15-5-6-16-39(36)40(45)25-26-47(51)58-46-19-9-7-17-41(46)44-28-34-13-3-4-14-35(34)30-48(44)58/h1-28,30-31H,29H2. The lowest BCUT2D eigenvalue weighted by atomic mass is 9.98. The predicted molar refractivity (Wildman–Crippen MR) is 247 cm³/mol. The third kappa shape index (κ3) is 4.98. The summed E-state index contributed by atoms with van der Waals surface area (Å²) in [5.74, 6) is 1.98. The van der Waals surface area contributed by atoms with Crippen molar-refractivity contribution < 1.29 is 0 Å². The number of aromatic nitrogens is 4. The molecule has 3 heterocycles. The first-order chi connectivity index (χ1) is 29.2. The molecule has 5 heteroatoms. The number of hydrogen-bond acceptors (Lipinski definition) is 4. The maximum Gasteiger partial charge on any atom is 0.166 e. The largest absolute Gasteiger partial charge is 0.308 e. The van der Waals surface area contributed by atoms with E-state index in [4.69, 9.17) is 15.0 Å². The Labute approximate surface area is 343 Å². The number of nitrogens with zero attached hydrogens (tertiary/aromatic N) is 4. The van der Waals surface area contributed by atoms with E-state index in [2.05, 4.69) is 187 Å². The second kappa shape index (κ2) is 12.5. The second-order valence-electron chi connectivity index (χ2n) is 15.6. The lowest BCUT2D eigenvalue weighted by Gasteiger charge is -2.18. The normalized spacial score (nSPS) is 12.3. The van der Waals surface area contributed by atoms with Gasteiger partial charge in [0.25, 0.3) is 0 Å². The van der Waals surface area contributed by atoms with Crippen LogP contribution in [0.3, 0.4) is 0 Å². The molecule has 12 aromatic rings. The van der Waals surface area contributed by atoms with Crippen molar-refractivity contribution in [1.29, 1.82) is 0 Å². The van der Waals surface area contributed by atoms with Crippen LogP contribution in [0.15, 0.2) is 182 Å². The maximum atomic E-state index is 5.51. The van der Waals surface area contributed by atoms with Crippen LogP contribution in [0.5, 0.6) is 0 Å². The molecule has 0 fully saturated rings. The van der Waals surface area contributed by atoms with Crippen molar-refractivity contribution >= 4 is 74.9 Å². The molecule has 1 aliphatic carbocycles. The second-order valence-corrected chi connectivity index (χ2v) is 16.6. The lowest BCUT2D eigenvalue weighted by molar-refractivity contribution is 1.06. The number of thiophene rings is 1. The van der Waals surface area contributed by atoms with Gasteiger partial charge in [0.15, 0.2) is 17.5 Å². The molecule has 0 unspecified atom stereocenters. The van der Waals surface area contributed by atoms with Gasteiger partial charge in [0.2, 0.25) is 0 Å². The Bertz CT molecular complexity index is 3720. The van der Waals surface area contributed by atoms with Crippen LogP contribution in [0.4, 0.5) is 0 Å². The average molecular weight is 769 g/mol. The molecular formula is C54H32N4S. The number of fused-ring (bicyclic) bond motifs is 11. The molecule has 0 spiro atoms. The van der Waals surface area contributed by atoms with Crippen LogP contribution in [0.2, 0.25) is 0 Å². The van der Waals surface area contributed by atoms with E-state index in [1.807, 2.05) is 11.3 Å². The highest BCUT2D eigenvalue weighted by Crippen LogP contribution is 2.46. The highest BCUT2D eigenvalue weighted by molar-refractivity contribution is 7.25. The van der Waals surface area contributed by atoms with Crippen molar-refractivity contribution in [2.24, 2.45) is 0 Å². The topological polar surface area (TPSA) is 43.6 Å². The monoisotopic (exact) mass is 768 g/mol. The fraction of sp³-hybridized carbons (Fsp3) is 0.0185. The van der Waals surface area contributed by atoms with Crippen molar-refractivity contribution in [2.45, 2.75) is 6.42 Å². The average Bonchev–Trinajstić information content (AvgIpc) is 3.96. The van der Waals surface area contributed by atoms with Gasteiger partial charge in [-0.25, -0.2) is 15.0 Å². The van der Waals surface area contributed by atoms with E-state index >= 15 is 0 Å². The third-order valence-corrected chi connectivity index (χ3v) is 13.4. The van der Waals surface area contributed by atoms with Crippen molar-refractivity contribution in [3.05, 3.63) is 193 Å². The van der Waals surface area contributed by atoms with Crippen LogP contribution >= 0.6 is 11.3 Å².